The van der Waals surface area contributed by atoms with Crippen molar-refractivity contribution in [1.29, 1.82) is 0 Å². The SMILES string of the molecule is COc1cc(Oc2ccc(SC)nc2)cc2cc(C3=NCC(CC(=O)NCCO)S3)[nH]c12. The zero-order valence-electron chi connectivity index (χ0n) is 17.8. The predicted molar refractivity (Wildman–Crippen MR) is 128 cm³/mol. The van der Waals surface area contributed by atoms with E-state index < -0.39 is 0 Å². The summed E-state index contributed by atoms with van der Waals surface area (Å²) in [6, 6.07) is 9.60. The van der Waals surface area contributed by atoms with E-state index in [1.54, 1.807) is 36.8 Å². The number of hydrogen-bond donors (Lipinski definition) is 3. The second-order valence-corrected chi connectivity index (χ2v) is 9.19. The molecule has 2 aromatic heterocycles. The molecule has 32 heavy (non-hydrogen) atoms. The number of carbonyl (C=O) groups is 1. The number of methoxy groups -OCH3 is 1. The minimum Gasteiger partial charge on any atom is -0.494 e. The van der Waals surface area contributed by atoms with Crippen LogP contribution in [0.4, 0.5) is 0 Å². The van der Waals surface area contributed by atoms with Crippen molar-refractivity contribution < 1.29 is 19.4 Å². The molecule has 3 heterocycles. The first-order chi connectivity index (χ1) is 15.6. The summed E-state index contributed by atoms with van der Waals surface area (Å²) < 4.78 is 11.6. The molecule has 1 aliphatic heterocycles. The average Bonchev–Trinajstić information content (AvgIpc) is 3.44. The first-order valence-electron chi connectivity index (χ1n) is 10.1. The Morgan fingerprint density at radius 3 is 2.94 bits per heavy atom. The van der Waals surface area contributed by atoms with Crippen LogP contribution < -0.4 is 14.8 Å². The van der Waals surface area contributed by atoms with Crippen molar-refractivity contribution in [3.05, 3.63) is 42.2 Å². The lowest BCUT2D eigenvalue weighted by Gasteiger charge is -2.09. The van der Waals surface area contributed by atoms with Crippen LogP contribution in [-0.2, 0) is 4.79 Å². The number of carbonyl (C=O) groups excluding carboxylic acids is 1. The van der Waals surface area contributed by atoms with Gasteiger partial charge in [-0.05, 0) is 30.5 Å². The zero-order chi connectivity index (χ0) is 22.5. The summed E-state index contributed by atoms with van der Waals surface area (Å²) in [6.45, 7) is 0.786. The van der Waals surface area contributed by atoms with Gasteiger partial charge >= 0.3 is 0 Å². The van der Waals surface area contributed by atoms with Gasteiger partial charge in [0.2, 0.25) is 5.91 Å². The summed E-state index contributed by atoms with van der Waals surface area (Å²) in [7, 11) is 1.62. The molecule has 3 N–H and O–H groups in total. The molecule has 168 valence electrons. The zero-order valence-corrected chi connectivity index (χ0v) is 19.4. The first kappa shape index (κ1) is 22.5. The molecule has 0 bridgehead atoms. The molecule has 3 aromatic rings. The summed E-state index contributed by atoms with van der Waals surface area (Å²) >= 11 is 3.15. The average molecular weight is 473 g/mol. The number of aliphatic hydroxyl groups excluding tert-OH is 1. The van der Waals surface area contributed by atoms with Crippen LogP contribution in [0.5, 0.6) is 17.2 Å². The molecule has 0 saturated heterocycles. The molecule has 0 spiro atoms. The normalized spacial score (nSPS) is 15.6. The Labute approximate surface area is 194 Å². The fourth-order valence-electron chi connectivity index (χ4n) is 3.35. The molecular weight excluding hydrogens is 448 g/mol. The van der Waals surface area contributed by atoms with Crippen LogP contribution in [0.15, 0.2) is 46.5 Å². The fourth-order valence-corrected chi connectivity index (χ4v) is 4.80. The van der Waals surface area contributed by atoms with E-state index in [-0.39, 0.29) is 24.3 Å². The second-order valence-electron chi connectivity index (χ2n) is 7.07. The van der Waals surface area contributed by atoms with E-state index >= 15 is 0 Å². The van der Waals surface area contributed by atoms with Crippen LogP contribution in [-0.4, -0.2) is 64.3 Å². The van der Waals surface area contributed by atoms with Gasteiger partial charge < -0.3 is 24.9 Å². The number of ether oxygens (including phenoxy) is 2. The quantitative estimate of drug-likeness (QED) is 0.409. The molecule has 0 fully saturated rings. The molecular formula is C22H24N4O4S2. The van der Waals surface area contributed by atoms with E-state index in [1.165, 1.54) is 0 Å². The monoisotopic (exact) mass is 472 g/mol. The van der Waals surface area contributed by atoms with Gasteiger partial charge in [0.15, 0.2) is 0 Å². The summed E-state index contributed by atoms with van der Waals surface area (Å²) in [6.07, 6.45) is 4.04. The summed E-state index contributed by atoms with van der Waals surface area (Å²) in [4.78, 5) is 24.3. The number of benzene rings is 1. The van der Waals surface area contributed by atoms with Crippen molar-refractivity contribution in [3.63, 3.8) is 0 Å². The summed E-state index contributed by atoms with van der Waals surface area (Å²) in [5.74, 6) is 1.89. The number of hydrogen-bond acceptors (Lipinski definition) is 8. The number of amides is 1. The number of aliphatic imine (C=N–C) groups is 1. The standard InChI is InChI=1S/C22H24N4O4S2/c1-29-18-9-15(30-14-3-4-20(31-2)24-11-14)7-13-8-17(26-21(13)18)22-25-12-16(32-22)10-19(28)23-5-6-27/h3-4,7-9,11,16,26-27H,5-6,10,12H2,1-2H3,(H,23,28). The maximum Gasteiger partial charge on any atom is 0.221 e. The topological polar surface area (TPSA) is 109 Å². The molecule has 1 aliphatic rings. The maximum absolute atomic E-state index is 11.9. The smallest absolute Gasteiger partial charge is 0.221 e. The van der Waals surface area contributed by atoms with Gasteiger partial charge in [-0.2, -0.15) is 0 Å². The van der Waals surface area contributed by atoms with E-state index in [9.17, 15) is 4.79 Å². The highest BCUT2D eigenvalue weighted by atomic mass is 32.2. The maximum atomic E-state index is 11.9. The third-order valence-electron chi connectivity index (χ3n) is 4.83. The number of H-pyrrole nitrogens is 1. The van der Waals surface area contributed by atoms with Gasteiger partial charge in [0.1, 0.15) is 22.3 Å². The summed E-state index contributed by atoms with van der Waals surface area (Å²) in [5.41, 5.74) is 1.74. The van der Waals surface area contributed by atoms with E-state index in [0.717, 1.165) is 26.7 Å². The molecule has 8 nitrogen and oxygen atoms in total. The van der Waals surface area contributed by atoms with Crippen LogP contribution in [0.2, 0.25) is 0 Å². The van der Waals surface area contributed by atoms with Gasteiger partial charge in [-0.3, -0.25) is 9.79 Å². The number of aromatic nitrogens is 2. The van der Waals surface area contributed by atoms with E-state index in [1.807, 2.05) is 36.6 Å². The number of aromatic amines is 1. The largest absolute Gasteiger partial charge is 0.494 e. The van der Waals surface area contributed by atoms with Crippen molar-refractivity contribution in [2.24, 2.45) is 4.99 Å². The highest BCUT2D eigenvalue weighted by Crippen LogP contribution is 2.36. The van der Waals surface area contributed by atoms with Crippen molar-refractivity contribution in [2.45, 2.75) is 16.7 Å². The van der Waals surface area contributed by atoms with E-state index in [2.05, 4.69) is 20.3 Å². The molecule has 0 saturated carbocycles. The Balaban J connectivity index is 1.50. The third kappa shape index (κ3) is 5.20. The lowest BCUT2D eigenvalue weighted by Crippen LogP contribution is -2.29. The first-order valence-corrected chi connectivity index (χ1v) is 12.2. The molecule has 0 radical (unpaired) electrons. The Bertz CT molecular complexity index is 1130. The second kappa shape index (κ2) is 10.3. The lowest BCUT2D eigenvalue weighted by atomic mass is 10.2. The van der Waals surface area contributed by atoms with E-state index in [4.69, 9.17) is 14.6 Å². The van der Waals surface area contributed by atoms with Gasteiger partial charge in [-0.25, -0.2) is 4.98 Å². The van der Waals surface area contributed by atoms with Crippen LogP contribution in [0.25, 0.3) is 10.9 Å². The number of rotatable bonds is 9. The Morgan fingerprint density at radius 2 is 2.22 bits per heavy atom. The minimum atomic E-state index is -0.0758. The fraction of sp³-hybridized carbons (Fsp3) is 0.318. The molecule has 0 aliphatic carbocycles. The number of fused-ring (bicyclic) bond motifs is 1. The van der Waals surface area contributed by atoms with Crippen LogP contribution in [0.1, 0.15) is 12.1 Å². The molecule has 1 unspecified atom stereocenters. The van der Waals surface area contributed by atoms with Gasteiger partial charge in [-0.15, -0.1) is 11.8 Å². The van der Waals surface area contributed by atoms with Crippen LogP contribution in [0.3, 0.4) is 0 Å². The minimum absolute atomic E-state index is 0.0620. The molecule has 1 atom stereocenters. The molecule has 1 aromatic carbocycles. The van der Waals surface area contributed by atoms with Crippen molar-refractivity contribution in [1.82, 2.24) is 15.3 Å². The molecule has 1 amide bonds. The third-order valence-corrected chi connectivity index (χ3v) is 6.72. The van der Waals surface area contributed by atoms with Gasteiger partial charge in [0, 0.05) is 29.7 Å². The highest BCUT2D eigenvalue weighted by molar-refractivity contribution is 8.15. The van der Waals surface area contributed by atoms with Gasteiger partial charge in [0.25, 0.3) is 0 Å². The van der Waals surface area contributed by atoms with Crippen LogP contribution in [0, 0.1) is 0 Å². The Hall–Kier alpha value is -2.69. The van der Waals surface area contributed by atoms with Gasteiger partial charge in [-0.1, -0.05) is 11.8 Å². The van der Waals surface area contributed by atoms with E-state index in [0.29, 0.717) is 30.2 Å². The number of nitrogens with zero attached hydrogens (tertiary/aromatic N) is 2. The number of pyridine rings is 1. The summed E-state index contributed by atoms with van der Waals surface area (Å²) in [5, 5.41) is 14.3. The number of thioether (sulfide) groups is 2. The van der Waals surface area contributed by atoms with Crippen LogP contribution >= 0.6 is 23.5 Å². The predicted octanol–water partition coefficient (Wildman–Crippen LogP) is 3.45. The number of nitrogens with one attached hydrogen (secondary N) is 2. The van der Waals surface area contributed by atoms with Crippen molar-refractivity contribution in [2.75, 3.05) is 33.1 Å². The molecule has 10 heteroatoms. The highest BCUT2D eigenvalue weighted by Gasteiger charge is 2.24. The Kier molecular flexibility index (Phi) is 7.23. The lowest BCUT2D eigenvalue weighted by molar-refractivity contribution is -0.121. The number of aliphatic hydroxyl groups is 1. The van der Waals surface area contributed by atoms with Crippen molar-refractivity contribution >= 4 is 45.4 Å². The molecule has 4 rings (SSSR count). The van der Waals surface area contributed by atoms with Gasteiger partial charge in [0.05, 0.1) is 42.7 Å². The Morgan fingerprint density at radius 1 is 1.34 bits per heavy atom. The van der Waals surface area contributed by atoms with Crippen molar-refractivity contribution in [3.8, 4) is 17.2 Å².